The molecule has 8 heteroatoms. The molecule has 3 heterocycles. The Kier molecular flexibility index (Phi) is 5.90. The molecule has 1 atom stereocenters. The average Bonchev–Trinajstić information content (AvgIpc) is 2.84. The molecule has 172 valence electrons. The van der Waals surface area contributed by atoms with Gasteiger partial charge in [0, 0.05) is 38.2 Å². The number of para-hydroxylation sites is 2. The van der Waals surface area contributed by atoms with Crippen LogP contribution in [-0.4, -0.2) is 60.4 Å². The van der Waals surface area contributed by atoms with Crippen molar-refractivity contribution in [1.82, 2.24) is 14.9 Å². The minimum atomic E-state index is -0.255. The number of benzene rings is 2. The lowest BCUT2D eigenvalue weighted by Gasteiger charge is -2.36. The molecule has 1 fully saturated rings. The predicted molar refractivity (Wildman–Crippen MR) is 128 cm³/mol. The van der Waals surface area contributed by atoms with E-state index in [1.807, 2.05) is 37.3 Å². The Labute approximate surface area is 193 Å². The fourth-order valence-corrected chi connectivity index (χ4v) is 4.45. The van der Waals surface area contributed by atoms with Gasteiger partial charge in [0.25, 0.3) is 0 Å². The molecule has 3 aromatic rings. The van der Waals surface area contributed by atoms with E-state index in [2.05, 4.69) is 29.3 Å². The monoisotopic (exact) mass is 447 g/mol. The van der Waals surface area contributed by atoms with Crippen LogP contribution in [0.2, 0.25) is 0 Å². The van der Waals surface area contributed by atoms with Crippen molar-refractivity contribution >= 4 is 28.8 Å². The second kappa shape index (κ2) is 9.13. The largest absolute Gasteiger partial charge is 0.493 e. The predicted octanol–water partition coefficient (Wildman–Crippen LogP) is 4.15. The van der Waals surface area contributed by atoms with Crippen LogP contribution < -0.4 is 15.0 Å². The number of rotatable bonds is 4. The second-order valence-corrected chi connectivity index (χ2v) is 8.43. The van der Waals surface area contributed by atoms with Crippen LogP contribution in [0.3, 0.4) is 0 Å². The number of aromatic nitrogens is 2. The summed E-state index contributed by atoms with van der Waals surface area (Å²) in [6, 6.07) is 14.3. The van der Waals surface area contributed by atoms with E-state index in [1.54, 1.807) is 4.90 Å². The second-order valence-electron chi connectivity index (χ2n) is 8.43. The molecule has 1 unspecified atom stereocenters. The van der Waals surface area contributed by atoms with Gasteiger partial charge >= 0.3 is 6.09 Å². The van der Waals surface area contributed by atoms with Crippen LogP contribution in [0, 0.1) is 6.92 Å². The van der Waals surface area contributed by atoms with E-state index in [0.29, 0.717) is 39.4 Å². The van der Waals surface area contributed by atoms with Gasteiger partial charge in [-0.1, -0.05) is 29.8 Å². The van der Waals surface area contributed by atoms with Gasteiger partial charge in [0.1, 0.15) is 5.75 Å². The van der Waals surface area contributed by atoms with Crippen LogP contribution in [0.5, 0.6) is 5.75 Å². The SMILES string of the molecule is CCOC(=O)N1CCN(c2nc3ccccc3nc2NC2CCOc3ccc(C)cc32)CC1. The summed E-state index contributed by atoms with van der Waals surface area (Å²) in [5, 5.41) is 3.68. The van der Waals surface area contributed by atoms with Gasteiger partial charge in [0.05, 0.1) is 30.3 Å². The summed E-state index contributed by atoms with van der Waals surface area (Å²) < 4.78 is 11.0. The van der Waals surface area contributed by atoms with Crippen LogP contribution in [-0.2, 0) is 4.74 Å². The van der Waals surface area contributed by atoms with Gasteiger partial charge < -0.3 is 24.6 Å². The van der Waals surface area contributed by atoms with Gasteiger partial charge in [-0.15, -0.1) is 0 Å². The standard InChI is InChI=1S/C25H29N5O3/c1-3-32-25(31)30-13-11-29(12-14-30)24-23(27-20-6-4-5-7-21(20)28-24)26-19-10-15-33-22-9-8-17(2)16-18(19)22/h4-9,16,19H,3,10-15H2,1-2H3,(H,26,27). The zero-order valence-corrected chi connectivity index (χ0v) is 19.1. The van der Waals surface area contributed by atoms with Crippen molar-refractivity contribution in [3.63, 3.8) is 0 Å². The van der Waals surface area contributed by atoms with E-state index in [9.17, 15) is 4.79 Å². The van der Waals surface area contributed by atoms with Gasteiger partial charge in [0.2, 0.25) is 0 Å². The molecule has 1 N–H and O–H groups in total. The third kappa shape index (κ3) is 4.37. The maximum Gasteiger partial charge on any atom is 0.409 e. The first kappa shape index (κ1) is 21.3. The van der Waals surface area contributed by atoms with Gasteiger partial charge in [-0.25, -0.2) is 14.8 Å². The van der Waals surface area contributed by atoms with Crippen molar-refractivity contribution in [3.05, 3.63) is 53.6 Å². The molecule has 1 aromatic heterocycles. The van der Waals surface area contributed by atoms with Crippen molar-refractivity contribution in [2.24, 2.45) is 0 Å². The normalized spacial score (nSPS) is 17.9. The lowest BCUT2D eigenvalue weighted by atomic mass is 9.98. The summed E-state index contributed by atoms with van der Waals surface area (Å²) in [6.07, 6.45) is 0.593. The van der Waals surface area contributed by atoms with E-state index in [4.69, 9.17) is 19.4 Å². The fourth-order valence-electron chi connectivity index (χ4n) is 4.45. The first-order valence-electron chi connectivity index (χ1n) is 11.6. The summed E-state index contributed by atoms with van der Waals surface area (Å²) in [5.74, 6) is 2.50. The number of nitrogens with one attached hydrogen (secondary N) is 1. The minimum Gasteiger partial charge on any atom is -0.493 e. The molecule has 5 rings (SSSR count). The average molecular weight is 448 g/mol. The third-order valence-electron chi connectivity index (χ3n) is 6.17. The van der Waals surface area contributed by atoms with E-state index in [1.165, 1.54) is 5.56 Å². The molecule has 8 nitrogen and oxygen atoms in total. The number of hydrogen-bond acceptors (Lipinski definition) is 7. The molecule has 0 spiro atoms. The van der Waals surface area contributed by atoms with Crippen LogP contribution in [0.4, 0.5) is 16.4 Å². The Morgan fingerprint density at radius 3 is 2.64 bits per heavy atom. The van der Waals surface area contributed by atoms with Gasteiger partial charge in [-0.05, 0) is 32.0 Å². The first-order valence-corrected chi connectivity index (χ1v) is 11.6. The van der Waals surface area contributed by atoms with E-state index in [-0.39, 0.29) is 12.1 Å². The van der Waals surface area contributed by atoms with E-state index < -0.39 is 0 Å². The Hall–Kier alpha value is -3.55. The highest BCUT2D eigenvalue weighted by atomic mass is 16.6. The number of ether oxygens (including phenoxy) is 2. The summed E-state index contributed by atoms with van der Waals surface area (Å²) in [6.45, 7) is 7.48. The summed E-state index contributed by atoms with van der Waals surface area (Å²) in [4.78, 5) is 26.0. The fraction of sp³-hybridized carbons (Fsp3) is 0.400. The Morgan fingerprint density at radius 2 is 1.88 bits per heavy atom. The number of amides is 1. The quantitative estimate of drug-likeness (QED) is 0.643. The van der Waals surface area contributed by atoms with Gasteiger partial charge in [-0.3, -0.25) is 0 Å². The highest BCUT2D eigenvalue weighted by Crippen LogP contribution is 2.37. The number of aryl methyl sites for hydroxylation is 1. The van der Waals surface area contributed by atoms with Crippen LogP contribution in [0.25, 0.3) is 11.0 Å². The molecule has 2 aliphatic heterocycles. The molecule has 0 aliphatic carbocycles. The van der Waals surface area contributed by atoms with Crippen molar-refractivity contribution in [2.75, 3.05) is 49.6 Å². The Balaban J connectivity index is 1.45. The maximum absolute atomic E-state index is 12.1. The lowest BCUT2D eigenvalue weighted by molar-refractivity contribution is 0.105. The highest BCUT2D eigenvalue weighted by molar-refractivity contribution is 5.81. The maximum atomic E-state index is 12.1. The number of piperazine rings is 1. The van der Waals surface area contributed by atoms with E-state index >= 15 is 0 Å². The molecule has 2 aromatic carbocycles. The Morgan fingerprint density at radius 1 is 1.12 bits per heavy atom. The Bertz CT molecular complexity index is 1160. The third-order valence-corrected chi connectivity index (χ3v) is 6.17. The minimum absolute atomic E-state index is 0.0867. The molecule has 2 aliphatic rings. The number of fused-ring (bicyclic) bond motifs is 2. The number of carbonyl (C=O) groups is 1. The topological polar surface area (TPSA) is 79.8 Å². The zero-order chi connectivity index (χ0) is 22.8. The number of hydrogen-bond donors (Lipinski definition) is 1. The van der Waals surface area contributed by atoms with Crippen LogP contribution >= 0.6 is 0 Å². The number of carbonyl (C=O) groups excluding carboxylic acids is 1. The van der Waals surface area contributed by atoms with E-state index in [0.717, 1.165) is 40.4 Å². The molecular weight excluding hydrogens is 418 g/mol. The first-order chi connectivity index (χ1) is 16.1. The molecule has 0 radical (unpaired) electrons. The van der Waals surface area contributed by atoms with Crippen molar-refractivity contribution in [1.29, 1.82) is 0 Å². The molecule has 1 saturated heterocycles. The summed E-state index contributed by atoms with van der Waals surface area (Å²) >= 11 is 0. The molecular formula is C25H29N5O3. The number of anilines is 2. The molecule has 0 saturated carbocycles. The van der Waals surface area contributed by atoms with Gasteiger partial charge in [0.15, 0.2) is 11.6 Å². The molecule has 1 amide bonds. The van der Waals surface area contributed by atoms with Crippen LogP contribution in [0.15, 0.2) is 42.5 Å². The van der Waals surface area contributed by atoms with Crippen molar-refractivity contribution in [2.45, 2.75) is 26.3 Å². The zero-order valence-electron chi connectivity index (χ0n) is 19.1. The smallest absolute Gasteiger partial charge is 0.409 e. The van der Waals surface area contributed by atoms with Gasteiger partial charge in [-0.2, -0.15) is 0 Å². The molecule has 33 heavy (non-hydrogen) atoms. The van der Waals surface area contributed by atoms with Crippen molar-refractivity contribution in [3.8, 4) is 5.75 Å². The van der Waals surface area contributed by atoms with Crippen LogP contribution in [0.1, 0.15) is 30.5 Å². The summed E-state index contributed by atoms with van der Waals surface area (Å²) in [5.41, 5.74) is 4.06. The molecule has 0 bridgehead atoms. The highest BCUT2D eigenvalue weighted by Gasteiger charge is 2.28. The van der Waals surface area contributed by atoms with Crippen molar-refractivity contribution < 1.29 is 14.3 Å². The summed E-state index contributed by atoms with van der Waals surface area (Å²) in [7, 11) is 0. The lowest BCUT2D eigenvalue weighted by Crippen LogP contribution is -2.49. The number of nitrogens with zero attached hydrogens (tertiary/aromatic N) is 4.